The third-order valence-electron chi connectivity index (χ3n) is 5.28. The highest BCUT2D eigenvalue weighted by Crippen LogP contribution is 2.24. The summed E-state index contributed by atoms with van der Waals surface area (Å²) in [5.41, 5.74) is 1.44. The lowest BCUT2D eigenvalue weighted by Crippen LogP contribution is -2.41. The molecule has 2 aliphatic rings. The molecule has 0 bridgehead atoms. The van der Waals surface area contributed by atoms with Crippen LogP contribution in [0.2, 0.25) is 0 Å². The van der Waals surface area contributed by atoms with E-state index in [0.29, 0.717) is 69.7 Å². The largest absolute Gasteiger partial charge is 0.457 e. The molecule has 8 nitrogen and oxygen atoms in total. The minimum absolute atomic E-state index is 0.0156. The molecule has 8 heteroatoms. The number of benzene rings is 1. The number of hydrogen-bond acceptors (Lipinski definition) is 6. The number of nitriles is 1. The van der Waals surface area contributed by atoms with E-state index in [1.54, 1.807) is 34.1 Å². The van der Waals surface area contributed by atoms with Gasteiger partial charge in [-0.25, -0.2) is 0 Å². The van der Waals surface area contributed by atoms with E-state index in [4.69, 9.17) is 13.9 Å². The smallest absolute Gasteiger partial charge is 0.264 e. The standard InChI is InChI=1S/C23H23N3O5/c24-16-19(23(28)26-9-13-30-14-10-26)15-20-5-6-21(31-20)17-1-3-18(4-2-17)22(27)25-7-11-29-12-8-25/h1-6,15H,7-14H2/b19-15+. The van der Waals surface area contributed by atoms with Gasteiger partial charge >= 0.3 is 0 Å². The summed E-state index contributed by atoms with van der Waals surface area (Å²) < 4.78 is 16.4. The minimum atomic E-state index is -0.324. The molecule has 160 valence electrons. The van der Waals surface area contributed by atoms with Crippen LogP contribution in [0.25, 0.3) is 17.4 Å². The van der Waals surface area contributed by atoms with Gasteiger partial charge in [-0.15, -0.1) is 0 Å². The van der Waals surface area contributed by atoms with Crippen molar-refractivity contribution in [2.45, 2.75) is 0 Å². The van der Waals surface area contributed by atoms with Crippen LogP contribution in [0, 0.1) is 11.3 Å². The van der Waals surface area contributed by atoms with Crippen molar-refractivity contribution >= 4 is 17.9 Å². The van der Waals surface area contributed by atoms with Gasteiger partial charge in [-0.3, -0.25) is 9.59 Å². The predicted octanol–water partition coefficient (Wildman–Crippen LogP) is 2.18. The number of morpholine rings is 2. The van der Waals surface area contributed by atoms with Gasteiger partial charge in [0.2, 0.25) is 0 Å². The summed E-state index contributed by atoms with van der Waals surface area (Å²) in [5, 5.41) is 9.42. The molecule has 0 spiro atoms. The molecule has 0 aliphatic carbocycles. The van der Waals surface area contributed by atoms with Gasteiger partial charge in [-0.2, -0.15) is 5.26 Å². The van der Waals surface area contributed by atoms with Crippen molar-refractivity contribution in [3.05, 3.63) is 53.3 Å². The first-order chi connectivity index (χ1) is 15.2. The quantitative estimate of drug-likeness (QED) is 0.555. The van der Waals surface area contributed by atoms with E-state index in [1.165, 1.54) is 6.08 Å². The van der Waals surface area contributed by atoms with Crippen molar-refractivity contribution in [2.24, 2.45) is 0 Å². The number of furan rings is 1. The zero-order chi connectivity index (χ0) is 21.6. The lowest BCUT2D eigenvalue weighted by Gasteiger charge is -2.26. The maximum atomic E-state index is 12.6. The third kappa shape index (κ3) is 4.85. The lowest BCUT2D eigenvalue weighted by molar-refractivity contribution is -0.130. The fourth-order valence-corrected chi connectivity index (χ4v) is 3.53. The summed E-state index contributed by atoms with van der Waals surface area (Å²) in [4.78, 5) is 28.5. The van der Waals surface area contributed by atoms with Crippen molar-refractivity contribution < 1.29 is 23.5 Å². The predicted molar refractivity (Wildman–Crippen MR) is 112 cm³/mol. The fourth-order valence-electron chi connectivity index (χ4n) is 3.53. The Balaban J connectivity index is 1.46. The average molecular weight is 421 g/mol. The van der Waals surface area contributed by atoms with Crippen LogP contribution in [0.15, 0.2) is 46.4 Å². The summed E-state index contributed by atoms with van der Waals surface area (Å²) in [7, 11) is 0. The molecule has 0 unspecified atom stereocenters. The number of carbonyl (C=O) groups is 2. The summed E-state index contributed by atoms with van der Waals surface area (Å²) >= 11 is 0. The van der Waals surface area contributed by atoms with Crippen LogP contribution < -0.4 is 0 Å². The van der Waals surface area contributed by atoms with Crippen molar-refractivity contribution in [1.82, 2.24) is 9.80 Å². The minimum Gasteiger partial charge on any atom is -0.457 e. The molecular formula is C23H23N3O5. The van der Waals surface area contributed by atoms with E-state index in [0.717, 1.165) is 5.56 Å². The van der Waals surface area contributed by atoms with Crippen molar-refractivity contribution in [2.75, 3.05) is 52.6 Å². The van der Waals surface area contributed by atoms with Gasteiger partial charge in [0.25, 0.3) is 11.8 Å². The third-order valence-corrected chi connectivity index (χ3v) is 5.28. The second-order valence-electron chi connectivity index (χ2n) is 7.26. The topological polar surface area (TPSA) is 96.0 Å². The molecule has 1 aromatic heterocycles. The molecule has 2 amide bonds. The van der Waals surface area contributed by atoms with Gasteiger partial charge < -0.3 is 23.7 Å². The highest BCUT2D eigenvalue weighted by Gasteiger charge is 2.21. The number of nitrogens with zero attached hydrogens (tertiary/aromatic N) is 3. The molecule has 31 heavy (non-hydrogen) atoms. The number of amides is 2. The first-order valence-corrected chi connectivity index (χ1v) is 10.2. The molecular weight excluding hydrogens is 398 g/mol. The van der Waals surface area contributed by atoms with E-state index in [9.17, 15) is 14.9 Å². The number of hydrogen-bond donors (Lipinski definition) is 0. The summed E-state index contributed by atoms with van der Waals surface area (Å²) in [6.45, 7) is 4.19. The Morgan fingerprint density at radius 3 is 2.10 bits per heavy atom. The summed E-state index contributed by atoms with van der Waals surface area (Å²) in [5.74, 6) is 0.669. The molecule has 2 saturated heterocycles. The Bertz CT molecular complexity index is 1010. The maximum Gasteiger partial charge on any atom is 0.264 e. The first-order valence-electron chi connectivity index (χ1n) is 10.2. The molecule has 0 N–H and O–H groups in total. The molecule has 3 heterocycles. The second kappa shape index (κ2) is 9.60. The van der Waals surface area contributed by atoms with E-state index in [2.05, 4.69) is 0 Å². The Morgan fingerprint density at radius 1 is 0.871 bits per heavy atom. The van der Waals surface area contributed by atoms with Gasteiger partial charge in [0, 0.05) is 43.4 Å². The van der Waals surface area contributed by atoms with Gasteiger partial charge in [0.05, 0.1) is 26.4 Å². The lowest BCUT2D eigenvalue weighted by atomic mass is 10.1. The van der Waals surface area contributed by atoms with Gasteiger partial charge in [-0.05, 0) is 24.3 Å². The van der Waals surface area contributed by atoms with Gasteiger partial charge in [0.15, 0.2) is 0 Å². The van der Waals surface area contributed by atoms with Gasteiger partial charge in [-0.1, -0.05) is 12.1 Å². The van der Waals surface area contributed by atoms with Crippen molar-refractivity contribution in [3.8, 4) is 17.4 Å². The highest BCUT2D eigenvalue weighted by molar-refractivity contribution is 6.01. The molecule has 2 aliphatic heterocycles. The van der Waals surface area contributed by atoms with E-state index in [-0.39, 0.29) is 17.4 Å². The van der Waals surface area contributed by atoms with Crippen molar-refractivity contribution in [1.29, 1.82) is 5.26 Å². The van der Waals surface area contributed by atoms with E-state index >= 15 is 0 Å². The van der Waals surface area contributed by atoms with E-state index in [1.807, 2.05) is 18.2 Å². The van der Waals surface area contributed by atoms with Crippen LogP contribution in [-0.2, 0) is 14.3 Å². The zero-order valence-electron chi connectivity index (χ0n) is 17.1. The van der Waals surface area contributed by atoms with Gasteiger partial charge in [0.1, 0.15) is 23.2 Å². The number of rotatable bonds is 4. The molecule has 2 fully saturated rings. The Kier molecular flexibility index (Phi) is 6.46. The molecule has 0 radical (unpaired) electrons. The Morgan fingerprint density at radius 2 is 1.48 bits per heavy atom. The SMILES string of the molecule is N#C/C(=C\c1ccc(-c2ccc(C(=O)N3CCOCC3)cc2)o1)C(=O)N1CCOCC1. The molecule has 1 aromatic carbocycles. The van der Waals surface area contributed by atoms with Crippen LogP contribution in [0.3, 0.4) is 0 Å². The number of ether oxygens (including phenoxy) is 2. The zero-order valence-corrected chi connectivity index (χ0v) is 17.1. The van der Waals surface area contributed by atoms with Crippen LogP contribution in [0.5, 0.6) is 0 Å². The molecule has 0 saturated carbocycles. The van der Waals surface area contributed by atoms with E-state index < -0.39 is 0 Å². The highest BCUT2D eigenvalue weighted by atomic mass is 16.5. The second-order valence-corrected chi connectivity index (χ2v) is 7.26. The summed E-state index contributed by atoms with van der Waals surface area (Å²) in [6, 6.07) is 12.6. The Labute approximate surface area is 180 Å². The Hall–Kier alpha value is -3.41. The average Bonchev–Trinajstić information content (AvgIpc) is 3.31. The monoisotopic (exact) mass is 421 g/mol. The molecule has 2 aromatic rings. The molecule has 4 rings (SSSR count). The normalized spacial score (nSPS) is 17.3. The van der Waals surface area contributed by atoms with Crippen LogP contribution in [0.1, 0.15) is 16.1 Å². The first kappa shape index (κ1) is 20.8. The maximum absolute atomic E-state index is 12.6. The van der Waals surface area contributed by atoms with Crippen molar-refractivity contribution in [3.63, 3.8) is 0 Å². The molecule has 0 atom stereocenters. The number of carbonyl (C=O) groups excluding carboxylic acids is 2. The van der Waals surface area contributed by atoms with Crippen LogP contribution in [0.4, 0.5) is 0 Å². The summed E-state index contributed by atoms with van der Waals surface area (Å²) in [6.07, 6.45) is 1.46. The van der Waals surface area contributed by atoms with Crippen LogP contribution >= 0.6 is 0 Å². The fraction of sp³-hybridized carbons (Fsp3) is 0.348. The van der Waals surface area contributed by atoms with Crippen LogP contribution in [-0.4, -0.2) is 74.2 Å².